The Hall–Kier alpha value is -2.13. The highest BCUT2D eigenvalue weighted by molar-refractivity contribution is 5.81. The van der Waals surface area contributed by atoms with E-state index in [1.807, 2.05) is 18.2 Å². The fourth-order valence-corrected chi connectivity index (χ4v) is 2.47. The van der Waals surface area contributed by atoms with E-state index in [4.69, 9.17) is 4.98 Å². The molecule has 3 heteroatoms. The SMILES string of the molecule is CCNCc1ccc2c(c1)nc(-c1ccccc1)n2C. The summed E-state index contributed by atoms with van der Waals surface area (Å²) in [5.74, 6) is 1.02. The molecule has 0 amide bonds. The third kappa shape index (κ3) is 2.32. The lowest BCUT2D eigenvalue weighted by Crippen LogP contribution is -2.11. The van der Waals surface area contributed by atoms with Gasteiger partial charge in [-0.2, -0.15) is 0 Å². The molecule has 0 unspecified atom stereocenters. The molecule has 0 bridgehead atoms. The van der Waals surface area contributed by atoms with Crippen LogP contribution in [0, 0.1) is 0 Å². The molecule has 0 fully saturated rings. The van der Waals surface area contributed by atoms with E-state index in [2.05, 4.69) is 54.2 Å². The zero-order valence-corrected chi connectivity index (χ0v) is 11.9. The standard InChI is InChI=1S/C17H19N3/c1-3-18-12-13-9-10-16-15(11-13)19-17(20(16)2)14-7-5-4-6-8-14/h4-11,18H,3,12H2,1-2H3. The molecule has 0 saturated carbocycles. The Bertz CT molecular complexity index is 714. The fraction of sp³-hybridized carbons (Fsp3) is 0.235. The van der Waals surface area contributed by atoms with Crippen molar-refractivity contribution < 1.29 is 0 Å². The Morgan fingerprint density at radius 2 is 1.90 bits per heavy atom. The van der Waals surface area contributed by atoms with Gasteiger partial charge in [0, 0.05) is 19.2 Å². The number of nitrogens with one attached hydrogen (secondary N) is 1. The van der Waals surface area contributed by atoms with Gasteiger partial charge in [0.1, 0.15) is 5.82 Å². The van der Waals surface area contributed by atoms with Crippen molar-refractivity contribution in [2.24, 2.45) is 7.05 Å². The van der Waals surface area contributed by atoms with E-state index in [0.717, 1.165) is 30.0 Å². The molecule has 0 atom stereocenters. The molecule has 0 spiro atoms. The summed E-state index contributed by atoms with van der Waals surface area (Å²) in [6.45, 7) is 3.99. The molecule has 0 saturated heterocycles. The molecule has 2 aromatic carbocycles. The van der Waals surface area contributed by atoms with E-state index in [1.54, 1.807) is 0 Å². The molecular formula is C17H19N3. The van der Waals surface area contributed by atoms with Gasteiger partial charge in [-0.3, -0.25) is 0 Å². The van der Waals surface area contributed by atoms with Gasteiger partial charge in [-0.25, -0.2) is 4.98 Å². The number of imidazole rings is 1. The van der Waals surface area contributed by atoms with Crippen molar-refractivity contribution in [3.05, 3.63) is 54.1 Å². The minimum atomic E-state index is 0.893. The number of fused-ring (bicyclic) bond motifs is 1. The van der Waals surface area contributed by atoms with Gasteiger partial charge in [-0.05, 0) is 24.2 Å². The summed E-state index contributed by atoms with van der Waals surface area (Å²) in [5, 5.41) is 3.35. The molecule has 3 nitrogen and oxygen atoms in total. The van der Waals surface area contributed by atoms with Gasteiger partial charge in [-0.15, -0.1) is 0 Å². The number of hydrogen-bond donors (Lipinski definition) is 1. The van der Waals surface area contributed by atoms with Crippen molar-refractivity contribution in [3.63, 3.8) is 0 Å². The molecule has 102 valence electrons. The van der Waals surface area contributed by atoms with Gasteiger partial charge in [0.25, 0.3) is 0 Å². The maximum Gasteiger partial charge on any atom is 0.140 e. The highest BCUT2D eigenvalue weighted by Gasteiger charge is 2.09. The summed E-state index contributed by atoms with van der Waals surface area (Å²) in [4.78, 5) is 4.79. The van der Waals surface area contributed by atoms with E-state index in [-0.39, 0.29) is 0 Å². The second-order valence-electron chi connectivity index (χ2n) is 4.96. The van der Waals surface area contributed by atoms with Gasteiger partial charge in [-0.1, -0.05) is 43.3 Å². The monoisotopic (exact) mass is 265 g/mol. The smallest absolute Gasteiger partial charge is 0.140 e. The van der Waals surface area contributed by atoms with E-state index in [0.29, 0.717) is 0 Å². The summed E-state index contributed by atoms with van der Waals surface area (Å²) < 4.78 is 2.15. The molecule has 0 aliphatic rings. The minimum absolute atomic E-state index is 0.893. The van der Waals surface area contributed by atoms with E-state index >= 15 is 0 Å². The van der Waals surface area contributed by atoms with E-state index in [9.17, 15) is 0 Å². The summed E-state index contributed by atoms with van der Waals surface area (Å²) in [6.07, 6.45) is 0. The first kappa shape index (κ1) is 12.9. The highest BCUT2D eigenvalue weighted by atomic mass is 15.1. The van der Waals surface area contributed by atoms with Crippen molar-refractivity contribution in [2.75, 3.05) is 6.54 Å². The van der Waals surface area contributed by atoms with Gasteiger partial charge in [0.15, 0.2) is 0 Å². The Labute approximate surface area is 119 Å². The van der Waals surface area contributed by atoms with Crippen molar-refractivity contribution in [3.8, 4) is 11.4 Å². The molecular weight excluding hydrogens is 246 g/mol. The molecule has 0 aliphatic heterocycles. The molecule has 1 aromatic heterocycles. The maximum absolute atomic E-state index is 4.79. The third-order valence-electron chi connectivity index (χ3n) is 3.56. The van der Waals surface area contributed by atoms with Gasteiger partial charge in [0.2, 0.25) is 0 Å². The number of rotatable bonds is 4. The predicted molar refractivity (Wildman–Crippen MR) is 83.5 cm³/mol. The second-order valence-corrected chi connectivity index (χ2v) is 4.96. The van der Waals surface area contributed by atoms with Crippen LogP contribution < -0.4 is 5.32 Å². The second kappa shape index (κ2) is 5.47. The largest absolute Gasteiger partial charge is 0.327 e. The minimum Gasteiger partial charge on any atom is -0.327 e. The number of benzene rings is 2. The van der Waals surface area contributed by atoms with Gasteiger partial charge in [0.05, 0.1) is 11.0 Å². The lowest BCUT2D eigenvalue weighted by Gasteiger charge is -2.03. The average Bonchev–Trinajstić information content (AvgIpc) is 2.83. The van der Waals surface area contributed by atoms with Crippen LogP contribution in [0.1, 0.15) is 12.5 Å². The van der Waals surface area contributed by atoms with Crippen LogP contribution in [0.4, 0.5) is 0 Å². The number of nitrogens with zero attached hydrogens (tertiary/aromatic N) is 2. The number of hydrogen-bond acceptors (Lipinski definition) is 2. The van der Waals surface area contributed by atoms with Crippen LogP contribution in [0.3, 0.4) is 0 Å². The number of aromatic nitrogens is 2. The topological polar surface area (TPSA) is 29.9 Å². The lowest BCUT2D eigenvalue weighted by molar-refractivity contribution is 0.727. The quantitative estimate of drug-likeness (QED) is 0.784. The first-order valence-electron chi connectivity index (χ1n) is 7.01. The lowest BCUT2D eigenvalue weighted by atomic mass is 10.2. The number of aryl methyl sites for hydroxylation is 1. The summed E-state index contributed by atoms with van der Waals surface area (Å²) >= 11 is 0. The van der Waals surface area contributed by atoms with Crippen LogP contribution in [-0.2, 0) is 13.6 Å². The predicted octanol–water partition coefficient (Wildman–Crippen LogP) is 3.35. The van der Waals surface area contributed by atoms with Crippen molar-refractivity contribution >= 4 is 11.0 Å². The first-order valence-corrected chi connectivity index (χ1v) is 7.01. The Morgan fingerprint density at radius 3 is 2.65 bits per heavy atom. The van der Waals surface area contributed by atoms with E-state index < -0.39 is 0 Å². The highest BCUT2D eigenvalue weighted by Crippen LogP contribution is 2.24. The van der Waals surface area contributed by atoms with Crippen LogP contribution in [-0.4, -0.2) is 16.1 Å². The molecule has 0 aliphatic carbocycles. The molecule has 1 N–H and O–H groups in total. The van der Waals surface area contributed by atoms with Crippen LogP contribution in [0.25, 0.3) is 22.4 Å². The summed E-state index contributed by atoms with van der Waals surface area (Å²) in [5.41, 5.74) is 4.65. The van der Waals surface area contributed by atoms with Crippen LogP contribution in [0.5, 0.6) is 0 Å². The van der Waals surface area contributed by atoms with Gasteiger partial charge < -0.3 is 9.88 Å². The van der Waals surface area contributed by atoms with Crippen LogP contribution in [0.15, 0.2) is 48.5 Å². The normalized spacial score (nSPS) is 11.1. The third-order valence-corrected chi connectivity index (χ3v) is 3.56. The van der Waals surface area contributed by atoms with E-state index in [1.165, 1.54) is 11.1 Å². The molecule has 3 aromatic rings. The first-order chi connectivity index (χ1) is 9.79. The average molecular weight is 265 g/mol. The Balaban J connectivity index is 2.05. The Kier molecular flexibility index (Phi) is 3.52. The van der Waals surface area contributed by atoms with Crippen molar-refractivity contribution in [1.82, 2.24) is 14.9 Å². The summed E-state index contributed by atoms with van der Waals surface area (Å²) in [6, 6.07) is 16.8. The Morgan fingerprint density at radius 1 is 1.10 bits per heavy atom. The van der Waals surface area contributed by atoms with Crippen molar-refractivity contribution in [2.45, 2.75) is 13.5 Å². The maximum atomic E-state index is 4.79. The summed E-state index contributed by atoms with van der Waals surface area (Å²) in [7, 11) is 2.07. The van der Waals surface area contributed by atoms with Crippen molar-refractivity contribution in [1.29, 1.82) is 0 Å². The molecule has 3 rings (SSSR count). The van der Waals surface area contributed by atoms with Crippen LogP contribution in [0.2, 0.25) is 0 Å². The zero-order valence-electron chi connectivity index (χ0n) is 11.9. The zero-order chi connectivity index (χ0) is 13.9. The fourth-order valence-electron chi connectivity index (χ4n) is 2.47. The molecule has 0 radical (unpaired) electrons. The van der Waals surface area contributed by atoms with Crippen LogP contribution >= 0.6 is 0 Å². The molecule has 20 heavy (non-hydrogen) atoms. The molecule has 1 heterocycles. The van der Waals surface area contributed by atoms with Gasteiger partial charge >= 0.3 is 0 Å².